The molecule has 0 atom stereocenters. The molecule has 1 saturated carbocycles. The maximum absolute atomic E-state index is 13.1. The molecule has 7 heteroatoms. The molecule has 0 radical (unpaired) electrons. The first-order valence-electron chi connectivity index (χ1n) is 10.0. The number of rotatable bonds is 5. The molecule has 2 heterocycles. The first-order valence-corrected chi connectivity index (χ1v) is 11.0. The van der Waals surface area contributed by atoms with E-state index in [2.05, 4.69) is 4.98 Å². The van der Waals surface area contributed by atoms with Gasteiger partial charge in [-0.25, -0.2) is 9.37 Å². The smallest absolute Gasteiger partial charge is 0.256 e. The molecule has 1 aromatic heterocycles. The van der Waals surface area contributed by atoms with Crippen molar-refractivity contribution < 1.29 is 14.0 Å². The first kappa shape index (κ1) is 19.9. The summed E-state index contributed by atoms with van der Waals surface area (Å²) in [5.41, 5.74) is 1.56. The highest BCUT2D eigenvalue weighted by molar-refractivity contribution is 7.98. The number of aromatic nitrogens is 1. The number of piperazine rings is 1. The quantitative estimate of drug-likeness (QED) is 0.703. The van der Waals surface area contributed by atoms with Gasteiger partial charge in [-0.2, -0.15) is 0 Å². The molecule has 1 saturated heterocycles. The second-order valence-electron chi connectivity index (χ2n) is 7.52. The van der Waals surface area contributed by atoms with E-state index >= 15 is 0 Å². The van der Waals surface area contributed by atoms with Crippen LogP contribution in [-0.4, -0.2) is 52.8 Å². The Morgan fingerprint density at radius 3 is 2.38 bits per heavy atom. The van der Waals surface area contributed by atoms with Crippen molar-refractivity contribution >= 4 is 23.6 Å². The van der Waals surface area contributed by atoms with Crippen LogP contribution in [0.2, 0.25) is 0 Å². The fourth-order valence-corrected chi connectivity index (χ4v) is 4.56. The second-order valence-corrected chi connectivity index (χ2v) is 8.48. The van der Waals surface area contributed by atoms with Crippen molar-refractivity contribution in [2.24, 2.45) is 5.92 Å². The number of pyridine rings is 1. The molecule has 0 N–H and O–H groups in total. The zero-order valence-electron chi connectivity index (χ0n) is 16.2. The van der Waals surface area contributed by atoms with E-state index in [1.807, 2.05) is 9.80 Å². The Labute approximate surface area is 174 Å². The lowest BCUT2D eigenvalue weighted by Gasteiger charge is -2.38. The van der Waals surface area contributed by atoms with Crippen molar-refractivity contribution in [2.75, 3.05) is 26.2 Å². The van der Waals surface area contributed by atoms with Gasteiger partial charge in [0, 0.05) is 44.0 Å². The molecule has 2 fully saturated rings. The normalized spacial score (nSPS) is 17.1. The van der Waals surface area contributed by atoms with Gasteiger partial charge in [-0.15, -0.1) is 11.8 Å². The van der Waals surface area contributed by atoms with Crippen LogP contribution in [-0.2, 0) is 10.5 Å². The number of benzene rings is 1. The molecule has 29 heavy (non-hydrogen) atoms. The number of amides is 2. The summed E-state index contributed by atoms with van der Waals surface area (Å²) in [6, 6.07) is 9.92. The third-order valence-electron chi connectivity index (χ3n) is 5.62. The lowest BCUT2D eigenvalue weighted by atomic mass is 9.84. The maximum Gasteiger partial charge on any atom is 0.256 e. The summed E-state index contributed by atoms with van der Waals surface area (Å²) >= 11 is 1.47. The zero-order chi connectivity index (χ0) is 20.2. The molecule has 5 nitrogen and oxygen atoms in total. The number of halogens is 1. The molecule has 1 aromatic carbocycles. The topological polar surface area (TPSA) is 53.5 Å². The van der Waals surface area contributed by atoms with E-state index in [9.17, 15) is 14.0 Å². The van der Waals surface area contributed by atoms with Crippen LogP contribution in [0.15, 0.2) is 47.6 Å². The highest BCUT2D eigenvalue weighted by Crippen LogP contribution is 2.29. The number of carbonyl (C=O) groups is 2. The van der Waals surface area contributed by atoms with Gasteiger partial charge < -0.3 is 9.80 Å². The van der Waals surface area contributed by atoms with Gasteiger partial charge in [0.05, 0.1) is 5.56 Å². The maximum atomic E-state index is 13.1. The fraction of sp³-hybridized carbons (Fsp3) is 0.409. The molecule has 0 bridgehead atoms. The standard InChI is InChI=1S/C22H24FN3O2S/c23-18-8-6-16(7-9-18)15-29-20-19(5-2-10-24-20)22(28)26-13-11-25(12-14-26)21(27)17-3-1-4-17/h2,5-10,17H,1,3-4,11-15H2. The Morgan fingerprint density at radius 1 is 1.03 bits per heavy atom. The van der Waals surface area contributed by atoms with Crippen LogP contribution in [0.1, 0.15) is 35.2 Å². The van der Waals surface area contributed by atoms with Gasteiger partial charge in [-0.05, 0) is 42.7 Å². The highest BCUT2D eigenvalue weighted by atomic mass is 32.2. The summed E-state index contributed by atoms with van der Waals surface area (Å²) in [5, 5.41) is 0.676. The van der Waals surface area contributed by atoms with Crippen LogP contribution in [0, 0.1) is 11.7 Å². The van der Waals surface area contributed by atoms with Gasteiger partial charge in [0.25, 0.3) is 5.91 Å². The average molecular weight is 414 g/mol. The number of thioether (sulfide) groups is 1. The molecule has 0 unspecified atom stereocenters. The average Bonchev–Trinajstić information content (AvgIpc) is 2.72. The lowest BCUT2D eigenvalue weighted by molar-refractivity contribution is -0.139. The predicted octanol–water partition coefficient (Wildman–Crippen LogP) is 3.60. The predicted molar refractivity (Wildman–Crippen MR) is 110 cm³/mol. The lowest BCUT2D eigenvalue weighted by Crippen LogP contribution is -2.52. The number of nitrogens with zero attached hydrogens (tertiary/aromatic N) is 3. The SMILES string of the molecule is O=C(c1cccnc1SCc1ccc(F)cc1)N1CCN(C(=O)C2CCC2)CC1. The van der Waals surface area contributed by atoms with E-state index in [4.69, 9.17) is 0 Å². The van der Waals surface area contributed by atoms with Crippen molar-refractivity contribution in [1.29, 1.82) is 0 Å². The van der Waals surface area contributed by atoms with Gasteiger partial charge in [-0.3, -0.25) is 9.59 Å². The Morgan fingerprint density at radius 2 is 1.72 bits per heavy atom. The van der Waals surface area contributed by atoms with Crippen LogP contribution in [0.25, 0.3) is 0 Å². The second kappa shape index (κ2) is 8.95. The monoisotopic (exact) mass is 413 g/mol. The van der Waals surface area contributed by atoms with E-state index in [0.717, 1.165) is 24.8 Å². The molecule has 1 aliphatic heterocycles. The van der Waals surface area contributed by atoms with Crippen molar-refractivity contribution in [3.05, 3.63) is 59.5 Å². The van der Waals surface area contributed by atoms with Crippen LogP contribution in [0.4, 0.5) is 4.39 Å². The van der Waals surface area contributed by atoms with Gasteiger partial charge in [-0.1, -0.05) is 18.6 Å². The van der Waals surface area contributed by atoms with Gasteiger partial charge in [0.15, 0.2) is 0 Å². The Balaban J connectivity index is 1.37. The van der Waals surface area contributed by atoms with Crippen molar-refractivity contribution in [3.8, 4) is 0 Å². The summed E-state index contributed by atoms with van der Waals surface area (Å²) in [4.78, 5) is 33.6. The van der Waals surface area contributed by atoms with Gasteiger partial charge in [0.2, 0.25) is 5.91 Å². The zero-order valence-corrected chi connectivity index (χ0v) is 17.0. The molecule has 0 spiro atoms. The summed E-state index contributed by atoms with van der Waals surface area (Å²) in [5.74, 6) is 0.754. The summed E-state index contributed by atoms with van der Waals surface area (Å²) in [6.07, 6.45) is 4.83. The fourth-order valence-electron chi connectivity index (χ4n) is 3.61. The largest absolute Gasteiger partial charge is 0.339 e. The first-order chi connectivity index (χ1) is 14.1. The summed E-state index contributed by atoms with van der Waals surface area (Å²) in [7, 11) is 0. The number of hydrogen-bond acceptors (Lipinski definition) is 4. The van der Waals surface area contributed by atoms with Crippen molar-refractivity contribution in [2.45, 2.75) is 30.0 Å². The van der Waals surface area contributed by atoms with Crippen molar-refractivity contribution in [3.63, 3.8) is 0 Å². The molecule has 2 aliphatic rings. The minimum atomic E-state index is -0.262. The summed E-state index contributed by atoms with van der Waals surface area (Å²) < 4.78 is 13.1. The molecular formula is C22H24FN3O2S. The third-order valence-corrected chi connectivity index (χ3v) is 6.70. The Bertz CT molecular complexity index is 878. The highest BCUT2D eigenvalue weighted by Gasteiger charge is 2.32. The van der Waals surface area contributed by atoms with E-state index in [1.165, 1.54) is 23.9 Å². The third kappa shape index (κ3) is 4.61. The molecule has 4 rings (SSSR count). The molecule has 152 valence electrons. The number of carbonyl (C=O) groups excluding carboxylic acids is 2. The summed E-state index contributed by atoms with van der Waals surface area (Å²) in [6.45, 7) is 2.29. The van der Waals surface area contributed by atoms with Crippen LogP contribution in [0.3, 0.4) is 0 Å². The molecular weight excluding hydrogens is 389 g/mol. The minimum Gasteiger partial charge on any atom is -0.339 e. The van der Waals surface area contributed by atoms with Crippen LogP contribution >= 0.6 is 11.8 Å². The molecule has 2 amide bonds. The van der Waals surface area contributed by atoms with E-state index in [0.29, 0.717) is 42.5 Å². The van der Waals surface area contributed by atoms with Crippen LogP contribution in [0.5, 0.6) is 0 Å². The Hall–Kier alpha value is -2.41. The van der Waals surface area contributed by atoms with E-state index in [-0.39, 0.29) is 23.5 Å². The van der Waals surface area contributed by atoms with Crippen molar-refractivity contribution in [1.82, 2.24) is 14.8 Å². The molecule has 1 aliphatic carbocycles. The minimum absolute atomic E-state index is 0.0459. The van der Waals surface area contributed by atoms with Gasteiger partial charge in [0.1, 0.15) is 10.8 Å². The van der Waals surface area contributed by atoms with Gasteiger partial charge >= 0.3 is 0 Å². The number of hydrogen-bond donors (Lipinski definition) is 0. The molecule has 2 aromatic rings. The Kier molecular flexibility index (Phi) is 6.13. The van der Waals surface area contributed by atoms with Crippen LogP contribution < -0.4 is 0 Å². The van der Waals surface area contributed by atoms with E-state index < -0.39 is 0 Å². The van der Waals surface area contributed by atoms with E-state index in [1.54, 1.807) is 30.5 Å².